The molecule has 6 nitrogen and oxygen atoms in total. The van der Waals surface area contributed by atoms with E-state index in [0.29, 0.717) is 18.2 Å². The third-order valence-corrected chi connectivity index (χ3v) is 3.25. The fraction of sp³-hybridized carbons (Fsp3) is 0.375. The van der Waals surface area contributed by atoms with E-state index in [9.17, 15) is 4.79 Å². The van der Waals surface area contributed by atoms with E-state index in [4.69, 9.17) is 0 Å². The van der Waals surface area contributed by atoms with Gasteiger partial charge in [0, 0.05) is 30.7 Å². The molecule has 0 aliphatic rings. The van der Waals surface area contributed by atoms with Crippen LogP contribution in [0, 0.1) is 6.92 Å². The van der Waals surface area contributed by atoms with Crippen LogP contribution < -0.4 is 10.6 Å². The highest BCUT2D eigenvalue weighted by Gasteiger charge is 2.11. The molecule has 22 heavy (non-hydrogen) atoms. The van der Waals surface area contributed by atoms with Crippen LogP contribution in [0.25, 0.3) is 0 Å². The summed E-state index contributed by atoms with van der Waals surface area (Å²) in [4.78, 5) is 24.8. The molecule has 0 saturated heterocycles. The second kappa shape index (κ2) is 7.49. The van der Waals surface area contributed by atoms with Gasteiger partial charge in [-0.3, -0.25) is 9.78 Å². The van der Waals surface area contributed by atoms with E-state index in [1.54, 1.807) is 18.5 Å². The average molecular weight is 299 g/mol. The maximum Gasteiger partial charge on any atom is 0.270 e. The minimum Gasteiger partial charge on any atom is -0.352 e. The van der Waals surface area contributed by atoms with Crippen molar-refractivity contribution in [3.8, 4) is 0 Å². The third-order valence-electron chi connectivity index (χ3n) is 3.25. The lowest BCUT2D eigenvalue weighted by Gasteiger charge is -2.12. The van der Waals surface area contributed by atoms with E-state index >= 15 is 0 Å². The number of nitrogens with zero attached hydrogens (tertiary/aromatic N) is 3. The van der Waals surface area contributed by atoms with E-state index in [2.05, 4.69) is 32.5 Å². The quantitative estimate of drug-likeness (QED) is 0.855. The zero-order valence-corrected chi connectivity index (χ0v) is 13.1. The summed E-state index contributed by atoms with van der Waals surface area (Å²) in [6, 6.07) is 5.69. The summed E-state index contributed by atoms with van der Waals surface area (Å²) in [6.45, 7) is 6.40. The smallest absolute Gasteiger partial charge is 0.270 e. The number of nitrogens with one attached hydrogen (secondary N) is 2. The van der Waals surface area contributed by atoms with Crippen molar-refractivity contribution in [3.05, 3.63) is 47.5 Å². The first-order valence-corrected chi connectivity index (χ1v) is 7.37. The van der Waals surface area contributed by atoms with Crippen LogP contribution in [0.4, 0.5) is 5.95 Å². The van der Waals surface area contributed by atoms with Crippen molar-refractivity contribution >= 4 is 11.9 Å². The second-order valence-electron chi connectivity index (χ2n) is 5.22. The Balaban J connectivity index is 2.05. The number of hydrogen-bond acceptors (Lipinski definition) is 5. The molecule has 0 bridgehead atoms. The van der Waals surface area contributed by atoms with Crippen LogP contribution in [0.2, 0.25) is 0 Å². The number of rotatable bonds is 6. The number of anilines is 1. The summed E-state index contributed by atoms with van der Waals surface area (Å²) in [5, 5.41) is 6.03. The zero-order chi connectivity index (χ0) is 15.9. The number of pyridine rings is 1. The van der Waals surface area contributed by atoms with E-state index in [1.165, 1.54) is 0 Å². The van der Waals surface area contributed by atoms with Crippen LogP contribution in [-0.2, 0) is 6.54 Å². The van der Waals surface area contributed by atoms with Crippen LogP contribution in [-0.4, -0.2) is 26.9 Å². The molecule has 1 atom stereocenters. The molecule has 0 saturated carbocycles. The summed E-state index contributed by atoms with van der Waals surface area (Å²) in [5.74, 6) is 0.266. The van der Waals surface area contributed by atoms with Crippen LogP contribution >= 0.6 is 0 Å². The van der Waals surface area contributed by atoms with Gasteiger partial charge < -0.3 is 10.6 Å². The molecule has 2 rings (SSSR count). The molecule has 2 heterocycles. The minimum absolute atomic E-state index is 0.221. The van der Waals surface area contributed by atoms with Crippen LogP contribution in [0.15, 0.2) is 30.6 Å². The lowest BCUT2D eigenvalue weighted by molar-refractivity contribution is 0.0945. The summed E-state index contributed by atoms with van der Waals surface area (Å²) in [6.07, 6.45) is 4.38. The van der Waals surface area contributed by atoms with E-state index in [0.717, 1.165) is 17.7 Å². The molecule has 1 unspecified atom stereocenters. The normalized spacial score (nSPS) is 11.8. The predicted molar refractivity (Wildman–Crippen MR) is 85.6 cm³/mol. The van der Waals surface area contributed by atoms with Gasteiger partial charge in [0.2, 0.25) is 5.95 Å². The van der Waals surface area contributed by atoms with Gasteiger partial charge in [0.15, 0.2) is 0 Å². The molecule has 2 N–H and O–H groups in total. The van der Waals surface area contributed by atoms with Crippen molar-refractivity contribution in [3.63, 3.8) is 0 Å². The van der Waals surface area contributed by atoms with Gasteiger partial charge in [-0.1, -0.05) is 13.0 Å². The van der Waals surface area contributed by atoms with Gasteiger partial charge in [-0.05, 0) is 38.0 Å². The Labute approximate surface area is 130 Å². The monoisotopic (exact) mass is 299 g/mol. The SMILES string of the molecule is CCC(C)Nc1nc(C)cc(C(=O)NCc2cccnc2)n1. The maximum atomic E-state index is 12.2. The first-order chi connectivity index (χ1) is 10.6. The van der Waals surface area contributed by atoms with Crippen molar-refractivity contribution in [1.82, 2.24) is 20.3 Å². The Morgan fingerprint density at radius 2 is 2.18 bits per heavy atom. The van der Waals surface area contributed by atoms with Crippen molar-refractivity contribution in [1.29, 1.82) is 0 Å². The Hall–Kier alpha value is -2.50. The van der Waals surface area contributed by atoms with Crippen LogP contribution in [0.1, 0.15) is 42.0 Å². The van der Waals surface area contributed by atoms with Gasteiger partial charge in [0.05, 0.1) is 0 Å². The molecular formula is C16H21N5O. The van der Waals surface area contributed by atoms with Gasteiger partial charge in [-0.25, -0.2) is 9.97 Å². The van der Waals surface area contributed by atoms with Gasteiger partial charge in [-0.2, -0.15) is 0 Å². The Morgan fingerprint density at radius 3 is 2.86 bits per heavy atom. The topological polar surface area (TPSA) is 79.8 Å². The predicted octanol–water partition coefficient (Wildman–Crippen LogP) is 2.32. The fourth-order valence-corrected chi connectivity index (χ4v) is 1.85. The minimum atomic E-state index is -0.221. The molecule has 0 aliphatic heterocycles. The molecular weight excluding hydrogens is 278 g/mol. The third kappa shape index (κ3) is 4.51. The Bertz CT molecular complexity index is 630. The molecule has 6 heteroatoms. The Kier molecular flexibility index (Phi) is 5.41. The second-order valence-corrected chi connectivity index (χ2v) is 5.22. The summed E-state index contributed by atoms with van der Waals surface area (Å²) in [7, 11) is 0. The van der Waals surface area contributed by atoms with Crippen molar-refractivity contribution < 1.29 is 4.79 Å². The number of carbonyl (C=O) groups excluding carboxylic acids is 1. The number of carbonyl (C=O) groups is 1. The van der Waals surface area contributed by atoms with Gasteiger partial charge in [-0.15, -0.1) is 0 Å². The highest BCUT2D eigenvalue weighted by molar-refractivity contribution is 5.92. The first-order valence-electron chi connectivity index (χ1n) is 7.37. The van der Waals surface area contributed by atoms with E-state index in [-0.39, 0.29) is 11.9 Å². The van der Waals surface area contributed by atoms with E-state index < -0.39 is 0 Å². The molecule has 2 aromatic heterocycles. The van der Waals surface area contributed by atoms with E-state index in [1.807, 2.05) is 26.0 Å². The number of hydrogen-bond donors (Lipinski definition) is 2. The molecule has 2 aromatic rings. The number of amides is 1. The fourth-order valence-electron chi connectivity index (χ4n) is 1.85. The largest absolute Gasteiger partial charge is 0.352 e. The molecule has 0 aromatic carbocycles. The first kappa shape index (κ1) is 15.9. The lowest BCUT2D eigenvalue weighted by atomic mass is 10.2. The zero-order valence-electron chi connectivity index (χ0n) is 13.1. The lowest BCUT2D eigenvalue weighted by Crippen LogP contribution is -2.25. The summed E-state index contributed by atoms with van der Waals surface area (Å²) in [5.41, 5.74) is 2.06. The van der Waals surface area contributed by atoms with Gasteiger partial charge >= 0.3 is 0 Å². The average Bonchev–Trinajstić information content (AvgIpc) is 2.52. The Morgan fingerprint density at radius 1 is 1.36 bits per heavy atom. The number of aromatic nitrogens is 3. The van der Waals surface area contributed by atoms with Crippen molar-refractivity contribution in [2.45, 2.75) is 39.8 Å². The molecule has 0 radical (unpaired) electrons. The molecule has 116 valence electrons. The van der Waals surface area contributed by atoms with Crippen molar-refractivity contribution in [2.75, 3.05) is 5.32 Å². The highest BCUT2D eigenvalue weighted by atomic mass is 16.1. The van der Waals surface area contributed by atoms with Crippen molar-refractivity contribution in [2.24, 2.45) is 0 Å². The molecule has 0 spiro atoms. The van der Waals surface area contributed by atoms with Crippen LogP contribution in [0.3, 0.4) is 0 Å². The van der Waals surface area contributed by atoms with Gasteiger partial charge in [0.25, 0.3) is 5.91 Å². The number of aryl methyl sites for hydroxylation is 1. The summed E-state index contributed by atoms with van der Waals surface area (Å²) >= 11 is 0. The highest BCUT2D eigenvalue weighted by Crippen LogP contribution is 2.08. The molecule has 0 fully saturated rings. The van der Waals surface area contributed by atoms with Crippen LogP contribution in [0.5, 0.6) is 0 Å². The maximum absolute atomic E-state index is 12.2. The van der Waals surface area contributed by atoms with Gasteiger partial charge in [0.1, 0.15) is 5.69 Å². The molecule has 1 amide bonds. The standard InChI is InChI=1S/C16H21N5O/c1-4-11(2)19-16-20-12(3)8-14(21-16)15(22)18-10-13-6-5-7-17-9-13/h5-9,11H,4,10H2,1-3H3,(H,18,22)(H,19,20,21). The molecule has 0 aliphatic carbocycles. The summed E-state index contributed by atoms with van der Waals surface area (Å²) < 4.78 is 0.